The maximum Gasteiger partial charge on any atom is 0.292 e. The lowest BCUT2D eigenvalue weighted by atomic mass is 10.0. The van der Waals surface area contributed by atoms with Crippen LogP contribution >= 0.6 is 0 Å². The van der Waals surface area contributed by atoms with Crippen molar-refractivity contribution in [2.75, 3.05) is 19.6 Å². The van der Waals surface area contributed by atoms with Gasteiger partial charge in [0.05, 0.1) is 11.7 Å². The molecule has 1 fully saturated rings. The fourth-order valence-electron chi connectivity index (χ4n) is 3.12. The van der Waals surface area contributed by atoms with E-state index in [9.17, 15) is 9.59 Å². The van der Waals surface area contributed by atoms with Gasteiger partial charge >= 0.3 is 0 Å². The van der Waals surface area contributed by atoms with Crippen molar-refractivity contribution in [2.45, 2.75) is 32.7 Å². The van der Waals surface area contributed by atoms with Crippen molar-refractivity contribution in [1.82, 2.24) is 15.0 Å². The van der Waals surface area contributed by atoms with Gasteiger partial charge in [-0.25, -0.2) is 0 Å². The molecule has 0 radical (unpaired) electrons. The number of hydrogen-bond acceptors (Lipinski definition) is 4. The van der Waals surface area contributed by atoms with E-state index in [1.54, 1.807) is 17.9 Å². The number of nitrogens with zero attached hydrogens (tertiary/aromatic N) is 3. The Morgan fingerprint density at radius 1 is 1.20 bits per heavy atom. The van der Waals surface area contributed by atoms with E-state index in [1.807, 2.05) is 49.1 Å². The molecule has 2 heterocycles. The molecule has 1 aliphatic heterocycles. The maximum atomic E-state index is 12.8. The molecule has 1 aliphatic rings. The molecule has 2 aromatic rings. The van der Waals surface area contributed by atoms with E-state index in [2.05, 4.69) is 5.16 Å². The Morgan fingerprint density at radius 3 is 2.52 bits per heavy atom. The predicted octanol–water partition coefficient (Wildman–Crippen LogP) is 2.84. The van der Waals surface area contributed by atoms with Crippen LogP contribution in [0.3, 0.4) is 0 Å². The zero-order valence-corrected chi connectivity index (χ0v) is 14.8. The van der Waals surface area contributed by atoms with E-state index in [0.29, 0.717) is 19.6 Å². The summed E-state index contributed by atoms with van der Waals surface area (Å²) in [6.45, 7) is 7.01. The van der Waals surface area contributed by atoms with E-state index < -0.39 is 0 Å². The molecule has 3 rings (SSSR count). The lowest BCUT2D eigenvalue weighted by Gasteiger charge is -2.41. The first-order valence-corrected chi connectivity index (χ1v) is 8.55. The average molecular weight is 341 g/mol. The van der Waals surface area contributed by atoms with Gasteiger partial charge in [0.1, 0.15) is 0 Å². The summed E-state index contributed by atoms with van der Waals surface area (Å²) in [6, 6.07) is 11.4. The second kappa shape index (κ2) is 7.09. The highest BCUT2D eigenvalue weighted by atomic mass is 16.5. The van der Waals surface area contributed by atoms with Gasteiger partial charge in [-0.3, -0.25) is 9.59 Å². The van der Waals surface area contributed by atoms with Crippen molar-refractivity contribution < 1.29 is 14.1 Å². The molecule has 0 N–H and O–H groups in total. The number of hydrogen-bond donors (Lipinski definition) is 0. The molecule has 1 unspecified atom stereocenters. The first-order valence-electron chi connectivity index (χ1n) is 8.55. The summed E-state index contributed by atoms with van der Waals surface area (Å²) >= 11 is 0. The van der Waals surface area contributed by atoms with Gasteiger partial charge in [-0.15, -0.1) is 0 Å². The highest BCUT2D eigenvalue weighted by molar-refractivity contribution is 5.91. The van der Waals surface area contributed by atoms with Gasteiger partial charge in [0.25, 0.3) is 5.91 Å². The third-order valence-corrected chi connectivity index (χ3v) is 4.59. The highest BCUT2D eigenvalue weighted by Gasteiger charge is 2.33. The Kier molecular flexibility index (Phi) is 4.88. The van der Waals surface area contributed by atoms with Crippen LogP contribution in [-0.4, -0.2) is 46.4 Å². The van der Waals surface area contributed by atoms with Gasteiger partial charge in [0.2, 0.25) is 11.7 Å². The number of piperazine rings is 1. The van der Waals surface area contributed by atoms with E-state index in [4.69, 9.17) is 4.52 Å². The maximum absolute atomic E-state index is 12.8. The number of aromatic nitrogens is 1. The van der Waals surface area contributed by atoms with E-state index in [1.165, 1.54) is 0 Å². The van der Waals surface area contributed by atoms with Crippen molar-refractivity contribution in [2.24, 2.45) is 0 Å². The van der Waals surface area contributed by atoms with Crippen LogP contribution in [0.4, 0.5) is 0 Å². The van der Waals surface area contributed by atoms with Crippen LogP contribution in [-0.2, 0) is 4.79 Å². The summed E-state index contributed by atoms with van der Waals surface area (Å²) < 4.78 is 5.23. The number of rotatable bonds is 3. The molecule has 1 saturated heterocycles. The van der Waals surface area contributed by atoms with Gasteiger partial charge < -0.3 is 14.3 Å². The topological polar surface area (TPSA) is 66.7 Å². The Balaban J connectivity index is 1.81. The second-order valence-electron chi connectivity index (χ2n) is 6.66. The van der Waals surface area contributed by atoms with E-state index in [-0.39, 0.29) is 29.5 Å². The van der Waals surface area contributed by atoms with E-state index >= 15 is 0 Å². The number of carbonyl (C=O) groups excluding carboxylic acids is 2. The Hall–Kier alpha value is -2.63. The Bertz CT molecular complexity index is 754. The Morgan fingerprint density at radius 2 is 1.92 bits per heavy atom. The molecule has 6 nitrogen and oxygen atoms in total. The summed E-state index contributed by atoms with van der Waals surface area (Å²) in [7, 11) is 0. The Labute approximate surface area is 147 Å². The lowest BCUT2D eigenvalue weighted by Crippen LogP contribution is -2.51. The molecule has 2 amide bonds. The fourth-order valence-corrected chi connectivity index (χ4v) is 3.12. The molecular weight excluding hydrogens is 318 g/mol. The van der Waals surface area contributed by atoms with Gasteiger partial charge in [-0.05, 0) is 11.5 Å². The van der Waals surface area contributed by atoms with E-state index in [0.717, 1.165) is 11.3 Å². The highest BCUT2D eigenvalue weighted by Crippen LogP contribution is 2.27. The molecule has 0 saturated carbocycles. The molecule has 0 aliphatic carbocycles. The van der Waals surface area contributed by atoms with Gasteiger partial charge in [0.15, 0.2) is 0 Å². The number of benzene rings is 1. The van der Waals surface area contributed by atoms with Crippen LogP contribution in [0.15, 0.2) is 40.9 Å². The van der Waals surface area contributed by atoms with Crippen LogP contribution in [0.2, 0.25) is 0 Å². The standard InChI is InChI=1S/C19H23N3O3/c1-13(2)16-11-18(25-20-16)19(24)21-9-10-22(14(3)23)17(12-21)15-7-5-4-6-8-15/h4-8,11,13,17H,9-10,12H2,1-3H3. The van der Waals surface area contributed by atoms with Gasteiger partial charge in [0, 0.05) is 32.6 Å². The summed E-state index contributed by atoms with van der Waals surface area (Å²) in [5.41, 5.74) is 1.79. The van der Waals surface area contributed by atoms with Crippen molar-refractivity contribution in [3.63, 3.8) is 0 Å². The summed E-state index contributed by atoms with van der Waals surface area (Å²) in [5.74, 6) is 0.301. The fraction of sp³-hybridized carbons (Fsp3) is 0.421. The van der Waals surface area contributed by atoms with Crippen LogP contribution in [0.1, 0.15) is 54.5 Å². The number of amides is 2. The normalized spacial score (nSPS) is 17.8. The molecule has 1 atom stereocenters. The van der Waals surface area contributed by atoms with Crippen molar-refractivity contribution in [1.29, 1.82) is 0 Å². The largest absolute Gasteiger partial charge is 0.351 e. The minimum Gasteiger partial charge on any atom is -0.351 e. The smallest absolute Gasteiger partial charge is 0.292 e. The molecule has 6 heteroatoms. The van der Waals surface area contributed by atoms with Gasteiger partial charge in [-0.1, -0.05) is 49.3 Å². The zero-order chi connectivity index (χ0) is 18.0. The zero-order valence-electron chi connectivity index (χ0n) is 14.8. The quantitative estimate of drug-likeness (QED) is 0.861. The monoisotopic (exact) mass is 341 g/mol. The summed E-state index contributed by atoms with van der Waals surface area (Å²) in [6.07, 6.45) is 0. The van der Waals surface area contributed by atoms with Gasteiger partial charge in [-0.2, -0.15) is 0 Å². The van der Waals surface area contributed by atoms with Crippen molar-refractivity contribution in [3.05, 3.63) is 53.4 Å². The minimum atomic E-state index is -0.177. The third kappa shape index (κ3) is 3.57. The van der Waals surface area contributed by atoms with Crippen LogP contribution in [0, 0.1) is 0 Å². The minimum absolute atomic E-state index is 0.0164. The van der Waals surface area contributed by atoms with Crippen molar-refractivity contribution >= 4 is 11.8 Å². The first-order chi connectivity index (χ1) is 12.0. The number of carbonyl (C=O) groups is 2. The molecule has 1 aromatic carbocycles. The lowest BCUT2D eigenvalue weighted by molar-refractivity contribution is -0.133. The third-order valence-electron chi connectivity index (χ3n) is 4.59. The molecule has 132 valence electrons. The average Bonchev–Trinajstić information content (AvgIpc) is 3.11. The summed E-state index contributed by atoms with van der Waals surface area (Å²) in [4.78, 5) is 28.3. The summed E-state index contributed by atoms with van der Waals surface area (Å²) in [5, 5.41) is 3.96. The van der Waals surface area contributed by atoms with Crippen LogP contribution in [0.25, 0.3) is 0 Å². The van der Waals surface area contributed by atoms with Crippen molar-refractivity contribution in [3.8, 4) is 0 Å². The van der Waals surface area contributed by atoms with Crippen LogP contribution in [0.5, 0.6) is 0 Å². The SMILES string of the molecule is CC(=O)N1CCN(C(=O)c2cc(C(C)C)no2)CC1c1ccccc1. The molecule has 25 heavy (non-hydrogen) atoms. The first kappa shape index (κ1) is 17.2. The predicted molar refractivity (Wildman–Crippen MR) is 93.1 cm³/mol. The second-order valence-corrected chi connectivity index (χ2v) is 6.66. The molecule has 0 bridgehead atoms. The molecule has 1 aromatic heterocycles. The molecule has 0 spiro atoms. The molecular formula is C19H23N3O3. The van der Waals surface area contributed by atoms with Crippen LogP contribution < -0.4 is 0 Å².